The van der Waals surface area contributed by atoms with Gasteiger partial charge in [0.15, 0.2) is 0 Å². The van der Waals surface area contributed by atoms with Gasteiger partial charge in [-0.2, -0.15) is 0 Å². The predicted molar refractivity (Wildman–Crippen MR) is 141 cm³/mol. The molecule has 0 radical (unpaired) electrons. The van der Waals surface area contributed by atoms with Crippen LogP contribution in [-0.2, 0) is 19.1 Å². The number of benzene rings is 1. The zero-order valence-electron chi connectivity index (χ0n) is 20.0. The largest absolute Gasteiger partial charge is 0.461 e. The Balaban J connectivity index is 1.80. The minimum atomic E-state index is -0.821. The zero-order valence-corrected chi connectivity index (χ0v) is 22.4. The number of fused-ring (bicyclic) bond motifs is 1. The summed E-state index contributed by atoms with van der Waals surface area (Å²) >= 11 is 5.27. The van der Waals surface area contributed by atoms with Crippen molar-refractivity contribution in [3.63, 3.8) is 0 Å². The molecule has 35 heavy (non-hydrogen) atoms. The number of aliphatic hydroxyl groups excluding tert-OH is 1. The molecule has 3 unspecified atom stereocenters. The molecule has 7 nitrogen and oxygen atoms in total. The Hall–Kier alpha value is -2.10. The third-order valence-electron chi connectivity index (χ3n) is 7.27. The van der Waals surface area contributed by atoms with Crippen molar-refractivity contribution in [1.29, 1.82) is 0 Å². The van der Waals surface area contributed by atoms with Crippen LogP contribution < -0.4 is 4.90 Å². The van der Waals surface area contributed by atoms with Crippen molar-refractivity contribution in [2.45, 2.75) is 41.1 Å². The molecule has 4 rings (SSSR count). The van der Waals surface area contributed by atoms with E-state index in [1.807, 2.05) is 32.0 Å². The number of rotatable bonds is 9. The maximum absolute atomic E-state index is 14.4. The van der Waals surface area contributed by atoms with E-state index in [1.165, 1.54) is 11.0 Å². The highest BCUT2D eigenvalue weighted by Gasteiger charge is 2.76. The van der Waals surface area contributed by atoms with Crippen molar-refractivity contribution < 1.29 is 24.2 Å². The number of thioether (sulfide) groups is 1. The maximum atomic E-state index is 14.4. The second-order valence-electron chi connectivity index (χ2n) is 9.32. The van der Waals surface area contributed by atoms with E-state index in [-0.39, 0.29) is 48.2 Å². The van der Waals surface area contributed by atoms with E-state index < -0.39 is 28.6 Å². The number of halogens is 1. The summed E-state index contributed by atoms with van der Waals surface area (Å²) in [5, 5.41) is 9.63. The van der Waals surface area contributed by atoms with Crippen LogP contribution in [-0.4, -0.2) is 75.0 Å². The van der Waals surface area contributed by atoms with Gasteiger partial charge in [-0.05, 0) is 31.4 Å². The Morgan fingerprint density at radius 1 is 1.31 bits per heavy atom. The summed E-state index contributed by atoms with van der Waals surface area (Å²) in [6.45, 7) is 11.5. The van der Waals surface area contributed by atoms with Gasteiger partial charge in [-0.3, -0.25) is 14.4 Å². The van der Waals surface area contributed by atoms with Crippen LogP contribution in [0.3, 0.4) is 0 Å². The summed E-state index contributed by atoms with van der Waals surface area (Å²) in [5.74, 6) is -2.29. The molecular formula is C26H31BrN2O5S. The molecule has 188 valence electrons. The summed E-state index contributed by atoms with van der Waals surface area (Å²) in [7, 11) is 0. The van der Waals surface area contributed by atoms with Crippen LogP contribution in [0.5, 0.6) is 0 Å². The van der Waals surface area contributed by atoms with Gasteiger partial charge in [0, 0.05) is 28.9 Å². The average Bonchev–Trinajstić information content (AvgIpc) is 3.40. The molecule has 6 atom stereocenters. The Labute approximate surface area is 218 Å². The van der Waals surface area contributed by atoms with E-state index in [4.69, 9.17) is 4.74 Å². The summed E-state index contributed by atoms with van der Waals surface area (Å²) < 4.78 is 4.59. The lowest BCUT2D eigenvalue weighted by atomic mass is 9.71. The van der Waals surface area contributed by atoms with E-state index in [0.717, 1.165) is 16.8 Å². The molecule has 2 bridgehead atoms. The number of anilines is 1. The molecule has 3 fully saturated rings. The van der Waals surface area contributed by atoms with E-state index in [9.17, 15) is 19.5 Å². The minimum absolute atomic E-state index is 0.0226. The van der Waals surface area contributed by atoms with Crippen molar-refractivity contribution in [2.24, 2.45) is 11.8 Å². The number of likely N-dealkylation sites (tertiary alicyclic amines) is 1. The highest BCUT2D eigenvalue weighted by Crippen LogP contribution is 2.68. The molecule has 0 saturated carbocycles. The molecule has 1 N–H and O–H groups in total. The van der Waals surface area contributed by atoms with Crippen molar-refractivity contribution in [3.05, 3.63) is 54.6 Å². The van der Waals surface area contributed by atoms with Gasteiger partial charge in [-0.15, -0.1) is 18.3 Å². The van der Waals surface area contributed by atoms with Crippen LogP contribution >= 0.6 is 27.7 Å². The quantitative estimate of drug-likeness (QED) is 0.283. The predicted octanol–water partition coefficient (Wildman–Crippen LogP) is 3.01. The van der Waals surface area contributed by atoms with Gasteiger partial charge < -0.3 is 19.6 Å². The molecule has 1 aromatic rings. The maximum Gasteiger partial charge on any atom is 0.311 e. The molecule has 9 heteroatoms. The van der Waals surface area contributed by atoms with Gasteiger partial charge >= 0.3 is 5.97 Å². The number of hydrogen-bond donors (Lipinski definition) is 1. The number of nitrogens with zero attached hydrogens (tertiary/aromatic N) is 2. The number of esters is 1. The molecule has 2 amide bonds. The van der Waals surface area contributed by atoms with Crippen molar-refractivity contribution in [1.82, 2.24) is 4.90 Å². The van der Waals surface area contributed by atoms with Crippen LogP contribution in [0.2, 0.25) is 0 Å². The fourth-order valence-corrected chi connectivity index (χ4v) is 9.66. The first-order chi connectivity index (χ1) is 16.7. The number of ether oxygens (including phenoxy) is 1. The SMILES string of the molecule is C=CCOC(=O)[C@H]1[C@H]2C(=O)N(CCO)C(C(=O)N(CC=C)c3c(C)cccc3C)C23CC(Br)[C@@H]1S3. The Bertz CT molecular complexity index is 1040. The second-order valence-corrected chi connectivity index (χ2v) is 12.0. The Kier molecular flexibility index (Phi) is 7.50. The number of aryl methyl sites for hydroxylation is 2. The number of β-amino-alcohol motifs (C(OH)–C–C–N with tert-alkyl or cyclic N) is 1. The van der Waals surface area contributed by atoms with Crippen LogP contribution in [0.25, 0.3) is 0 Å². The Morgan fingerprint density at radius 2 is 2.00 bits per heavy atom. The number of amides is 2. The molecule has 1 spiro atoms. The second kappa shape index (κ2) is 10.1. The highest BCUT2D eigenvalue weighted by atomic mass is 79.9. The molecule has 3 aliphatic heterocycles. The van der Waals surface area contributed by atoms with Crippen molar-refractivity contribution in [3.8, 4) is 0 Å². The third kappa shape index (κ3) is 4.05. The topological polar surface area (TPSA) is 87.1 Å². The molecule has 0 aliphatic carbocycles. The number of aliphatic hydroxyl groups is 1. The van der Waals surface area contributed by atoms with Crippen LogP contribution in [0.4, 0.5) is 5.69 Å². The van der Waals surface area contributed by atoms with E-state index in [1.54, 1.807) is 22.7 Å². The monoisotopic (exact) mass is 562 g/mol. The minimum Gasteiger partial charge on any atom is -0.461 e. The number of hydrogen-bond acceptors (Lipinski definition) is 6. The van der Waals surface area contributed by atoms with Crippen LogP contribution in [0, 0.1) is 25.7 Å². The fourth-order valence-electron chi connectivity index (χ4n) is 6.06. The average molecular weight is 564 g/mol. The molecule has 1 aromatic carbocycles. The molecule has 3 heterocycles. The lowest BCUT2D eigenvalue weighted by molar-refractivity contribution is -0.153. The van der Waals surface area contributed by atoms with Gasteiger partial charge in [0.1, 0.15) is 12.6 Å². The molecule has 3 saturated heterocycles. The third-order valence-corrected chi connectivity index (χ3v) is 10.5. The van der Waals surface area contributed by atoms with Gasteiger partial charge in [-0.25, -0.2) is 0 Å². The Morgan fingerprint density at radius 3 is 2.60 bits per heavy atom. The lowest BCUT2D eigenvalue weighted by Gasteiger charge is -2.38. The number of carbonyl (C=O) groups is 3. The van der Waals surface area contributed by atoms with Gasteiger partial charge in [-0.1, -0.05) is 52.9 Å². The highest BCUT2D eigenvalue weighted by molar-refractivity contribution is 9.09. The molecular weight excluding hydrogens is 532 g/mol. The summed E-state index contributed by atoms with van der Waals surface area (Å²) in [5.41, 5.74) is 2.68. The first kappa shape index (κ1) is 26.0. The van der Waals surface area contributed by atoms with E-state index >= 15 is 0 Å². The number of para-hydroxylation sites is 1. The molecule has 0 aromatic heterocycles. The number of carbonyl (C=O) groups excluding carboxylic acids is 3. The summed E-state index contributed by atoms with van der Waals surface area (Å²) in [4.78, 5) is 44.4. The first-order valence-corrected chi connectivity index (χ1v) is 13.5. The number of alkyl halides is 1. The molecule has 3 aliphatic rings. The van der Waals surface area contributed by atoms with E-state index in [0.29, 0.717) is 6.42 Å². The smallest absolute Gasteiger partial charge is 0.311 e. The van der Waals surface area contributed by atoms with Crippen molar-refractivity contribution in [2.75, 3.05) is 31.2 Å². The van der Waals surface area contributed by atoms with Crippen molar-refractivity contribution >= 4 is 51.2 Å². The van der Waals surface area contributed by atoms with Gasteiger partial charge in [0.2, 0.25) is 5.91 Å². The van der Waals surface area contributed by atoms with Crippen LogP contribution in [0.15, 0.2) is 43.5 Å². The van der Waals surface area contributed by atoms with Gasteiger partial charge in [0.25, 0.3) is 5.91 Å². The lowest BCUT2D eigenvalue weighted by Crippen LogP contribution is -2.56. The fraction of sp³-hybridized carbons (Fsp3) is 0.500. The normalized spacial score (nSPS) is 30.8. The van der Waals surface area contributed by atoms with Crippen LogP contribution in [0.1, 0.15) is 17.5 Å². The zero-order chi connectivity index (χ0) is 25.5. The van der Waals surface area contributed by atoms with Gasteiger partial charge in [0.05, 0.1) is 23.2 Å². The summed E-state index contributed by atoms with van der Waals surface area (Å²) in [6.07, 6.45) is 3.74. The standard InChI is InChI=1S/C26H31BrN2O5S/c1-5-10-28(20-15(3)8-7-9-16(20)4)24(32)22-26-14-17(27)21(35-26)18(25(33)34-13-6-2)19(26)23(31)29(22)11-12-30/h5-9,17-19,21-22,30H,1-2,10-14H2,3-4H3/t17?,18-,19-,21-,22?,26?/m0/s1. The van der Waals surface area contributed by atoms with E-state index in [2.05, 4.69) is 29.1 Å². The first-order valence-electron chi connectivity index (χ1n) is 11.7. The summed E-state index contributed by atoms with van der Waals surface area (Å²) in [6, 6.07) is 5.03.